The number of rotatable bonds is 0. The molecule has 0 amide bonds. The largest absolute Gasteiger partial charge is 0.381 e. The molecular weight excluding hydrogens is 142 g/mol. The van der Waals surface area contributed by atoms with Crippen LogP contribution in [0.2, 0.25) is 0 Å². The van der Waals surface area contributed by atoms with Gasteiger partial charge in [0.1, 0.15) is 0 Å². The summed E-state index contributed by atoms with van der Waals surface area (Å²) < 4.78 is 11.0. The Morgan fingerprint density at radius 2 is 1.91 bits per heavy atom. The second-order valence-corrected chi connectivity index (χ2v) is 3.42. The second kappa shape index (κ2) is 2.73. The van der Waals surface area contributed by atoms with Crippen molar-refractivity contribution < 1.29 is 9.47 Å². The Balaban J connectivity index is 2.06. The molecule has 2 saturated heterocycles. The van der Waals surface area contributed by atoms with Crippen molar-refractivity contribution in [1.82, 2.24) is 0 Å². The number of nitrogens with two attached hydrogens (primary N) is 1. The topological polar surface area (TPSA) is 44.5 Å². The third-order valence-electron chi connectivity index (χ3n) is 2.83. The molecule has 1 atom stereocenters. The van der Waals surface area contributed by atoms with Crippen LogP contribution in [0.4, 0.5) is 0 Å². The fourth-order valence-corrected chi connectivity index (χ4v) is 1.99. The van der Waals surface area contributed by atoms with Gasteiger partial charge >= 0.3 is 0 Å². The van der Waals surface area contributed by atoms with E-state index in [1.165, 1.54) is 0 Å². The molecule has 0 saturated carbocycles. The lowest BCUT2D eigenvalue weighted by Crippen LogP contribution is -2.48. The Hall–Kier alpha value is -0.120. The van der Waals surface area contributed by atoms with Crippen molar-refractivity contribution in [2.75, 3.05) is 19.8 Å². The monoisotopic (exact) mass is 157 g/mol. The van der Waals surface area contributed by atoms with Gasteiger partial charge in [-0.1, -0.05) is 0 Å². The minimum absolute atomic E-state index is 0.0156. The normalized spacial score (nSPS) is 36.3. The highest BCUT2D eigenvalue weighted by Crippen LogP contribution is 2.33. The third-order valence-corrected chi connectivity index (χ3v) is 2.83. The summed E-state index contributed by atoms with van der Waals surface area (Å²) in [6.07, 6.45) is 2.97. The zero-order valence-corrected chi connectivity index (χ0v) is 6.71. The SMILES string of the molecule is NC1CCOC12CCOCC2. The van der Waals surface area contributed by atoms with E-state index < -0.39 is 0 Å². The van der Waals surface area contributed by atoms with Gasteiger partial charge in [-0.05, 0) is 6.42 Å². The highest BCUT2D eigenvalue weighted by atomic mass is 16.5. The minimum Gasteiger partial charge on any atom is -0.381 e. The van der Waals surface area contributed by atoms with Crippen LogP contribution in [0, 0.1) is 0 Å². The van der Waals surface area contributed by atoms with Gasteiger partial charge in [-0.2, -0.15) is 0 Å². The van der Waals surface area contributed by atoms with Gasteiger partial charge in [0.05, 0.1) is 5.60 Å². The molecule has 2 aliphatic rings. The van der Waals surface area contributed by atoms with Crippen molar-refractivity contribution in [3.05, 3.63) is 0 Å². The van der Waals surface area contributed by atoms with Gasteiger partial charge in [0.15, 0.2) is 0 Å². The van der Waals surface area contributed by atoms with Gasteiger partial charge in [-0.3, -0.25) is 0 Å². The molecule has 0 aromatic heterocycles. The van der Waals surface area contributed by atoms with Crippen molar-refractivity contribution >= 4 is 0 Å². The van der Waals surface area contributed by atoms with E-state index in [0.29, 0.717) is 0 Å². The summed E-state index contributed by atoms with van der Waals surface area (Å²) in [7, 11) is 0. The molecule has 0 aromatic rings. The fourth-order valence-electron chi connectivity index (χ4n) is 1.99. The van der Waals surface area contributed by atoms with Crippen LogP contribution in [-0.4, -0.2) is 31.5 Å². The average Bonchev–Trinajstić information content (AvgIpc) is 2.36. The van der Waals surface area contributed by atoms with Crippen molar-refractivity contribution in [2.24, 2.45) is 5.73 Å². The van der Waals surface area contributed by atoms with Crippen molar-refractivity contribution in [1.29, 1.82) is 0 Å². The van der Waals surface area contributed by atoms with Crippen molar-refractivity contribution in [2.45, 2.75) is 30.9 Å². The summed E-state index contributed by atoms with van der Waals surface area (Å²) >= 11 is 0. The Labute approximate surface area is 66.8 Å². The van der Waals surface area contributed by atoms with E-state index in [-0.39, 0.29) is 11.6 Å². The lowest BCUT2D eigenvalue weighted by Gasteiger charge is -2.35. The van der Waals surface area contributed by atoms with E-state index in [4.69, 9.17) is 15.2 Å². The molecule has 11 heavy (non-hydrogen) atoms. The molecule has 2 rings (SSSR count). The first-order valence-electron chi connectivity index (χ1n) is 4.31. The molecule has 1 spiro atoms. The molecule has 64 valence electrons. The summed E-state index contributed by atoms with van der Waals surface area (Å²) in [5, 5.41) is 0. The Bertz CT molecular complexity index is 143. The molecule has 1 unspecified atom stereocenters. The molecule has 2 N–H and O–H groups in total. The molecule has 3 nitrogen and oxygen atoms in total. The minimum atomic E-state index is -0.0156. The predicted octanol–water partition coefficient (Wildman–Crippen LogP) is 0.283. The zero-order chi connectivity index (χ0) is 7.73. The molecule has 2 heterocycles. The first-order valence-corrected chi connectivity index (χ1v) is 4.31. The molecule has 0 radical (unpaired) electrons. The molecule has 2 aliphatic heterocycles. The lowest BCUT2D eigenvalue weighted by molar-refractivity contribution is -0.0839. The Kier molecular flexibility index (Phi) is 1.87. The summed E-state index contributed by atoms with van der Waals surface area (Å²) in [6, 6.07) is 0.242. The van der Waals surface area contributed by atoms with Crippen LogP contribution in [0.5, 0.6) is 0 Å². The van der Waals surface area contributed by atoms with E-state index in [2.05, 4.69) is 0 Å². The average molecular weight is 157 g/mol. The van der Waals surface area contributed by atoms with Gasteiger partial charge in [-0.15, -0.1) is 0 Å². The Morgan fingerprint density at radius 3 is 2.45 bits per heavy atom. The van der Waals surface area contributed by atoms with Crippen LogP contribution in [0.15, 0.2) is 0 Å². The van der Waals surface area contributed by atoms with Crippen molar-refractivity contribution in [3.63, 3.8) is 0 Å². The number of hydrogen-bond acceptors (Lipinski definition) is 3. The van der Waals surface area contributed by atoms with E-state index in [1.807, 2.05) is 0 Å². The number of hydrogen-bond donors (Lipinski definition) is 1. The van der Waals surface area contributed by atoms with Gasteiger partial charge in [-0.25, -0.2) is 0 Å². The predicted molar refractivity (Wildman–Crippen MR) is 41.3 cm³/mol. The lowest BCUT2D eigenvalue weighted by atomic mass is 9.87. The summed E-state index contributed by atoms with van der Waals surface area (Å²) in [5.74, 6) is 0. The zero-order valence-electron chi connectivity index (χ0n) is 6.71. The molecule has 0 aliphatic carbocycles. The quantitative estimate of drug-likeness (QED) is 0.549. The summed E-state index contributed by atoms with van der Waals surface area (Å²) in [4.78, 5) is 0. The van der Waals surface area contributed by atoms with E-state index in [0.717, 1.165) is 39.1 Å². The van der Waals surface area contributed by atoms with E-state index in [1.54, 1.807) is 0 Å². The number of ether oxygens (including phenoxy) is 2. The van der Waals surface area contributed by atoms with Crippen molar-refractivity contribution in [3.8, 4) is 0 Å². The maximum absolute atomic E-state index is 5.96. The highest BCUT2D eigenvalue weighted by molar-refractivity contribution is 4.96. The van der Waals surface area contributed by atoms with Crippen LogP contribution in [0.25, 0.3) is 0 Å². The van der Waals surface area contributed by atoms with Crippen LogP contribution >= 0.6 is 0 Å². The van der Waals surface area contributed by atoms with Crippen LogP contribution in [0.3, 0.4) is 0 Å². The van der Waals surface area contributed by atoms with Gasteiger partial charge in [0, 0.05) is 38.7 Å². The van der Waals surface area contributed by atoms with E-state index >= 15 is 0 Å². The van der Waals surface area contributed by atoms with E-state index in [9.17, 15) is 0 Å². The molecule has 0 aromatic carbocycles. The maximum Gasteiger partial charge on any atom is 0.0877 e. The summed E-state index contributed by atoms with van der Waals surface area (Å²) in [6.45, 7) is 2.46. The molecular formula is C8H15NO2. The van der Waals surface area contributed by atoms with Crippen LogP contribution < -0.4 is 5.73 Å². The third kappa shape index (κ3) is 1.17. The van der Waals surface area contributed by atoms with Crippen LogP contribution in [-0.2, 0) is 9.47 Å². The van der Waals surface area contributed by atoms with Gasteiger partial charge in [0.2, 0.25) is 0 Å². The molecule has 0 bridgehead atoms. The molecule has 3 heteroatoms. The molecule has 2 fully saturated rings. The fraction of sp³-hybridized carbons (Fsp3) is 1.00. The van der Waals surface area contributed by atoms with Gasteiger partial charge < -0.3 is 15.2 Å². The summed E-state index contributed by atoms with van der Waals surface area (Å²) in [5.41, 5.74) is 5.95. The standard InChI is InChI=1S/C8H15NO2/c9-7-1-4-11-8(7)2-5-10-6-3-8/h7H,1-6,9H2. The highest BCUT2D eigenvalue weighted by Gasteiger charge is 2.43. The Morgan fingerprint density at radius 1 is 1.18 bits per heavy atom. The second-order valence-electron chi connectivity index (χ2n) is 3.42. The first-order chi connectivity index (χ1) is 5.33. The smallest absolute Gasteiger partial charge is 0.0877 e. The first kappa shape index (κ1) is 7.53. The maximum atomic E-state index is 5.96. The van der Waals surface area contributed by atoms with Gasteiger partial charge in [0.25, 0.3) is 0 Å². The van der Waals surface area contributed by atoms with Crippen LogP contribution in [0.1, 0.15) is 19.3 Å².